The van der Waals surface area contributed by atoms with Gasteiger partial charge in [-0.25, -0.2) is 0 Å². The van der Waals surface area contributed by atoms with E-state index in [0.717, 1.165) is 10.9 Å². The highest BCUT2D eigenvalue weighted by Crippen LogP contribution is 2.20. The molecule has 0 aliphatic heterocycles. The van der Waals surface area contributed by atoms with Crippen LogP contribution in [0.25, 0.3) is 10.9 Å². The third-order valence-corrected chi connectivity index (χ3v) is 9.96. The molecular formula is C43H55N9O10. The SMILES string of the molecule is CC(=O)N[C@@H](CO)C(=O)N[C@@H](Cc1ccccc1)C(=O)N[C@@H](Cc1c[nH]c2ccccc12)C(=O)N[C@@H](CCCCN)C(=O)N[C@@H](Cc1ccc(O)cc1)C(=O)N[C@@H](CO)C(N)=O. The number of carbonyl (C=O) groups is 7. The lowest BCUT2D eigenvalue weighted by atomic mass is 10.0. The summed E-state index contributed by atoms with van der Waals surface area (Å²) in [6, 6.07) is 13.7. The third-order valence-electron chi connectivity index (χ3n) is 9.96. The molecule has 6 atom stereocenters. The molecule has 1 heterocycles. The van der Waals surface area contributed by atoms with E-state index in [1.54, 1.807) is 42.6 Å². The third kappa shape index (κ3) is 14.4. The van der Waals surface area contributed by atoms with Gasteiger partial charge in [-0.2, -0.15) is 0 Å². The number of aromatic hydroxyl groups is 1. The number of amides is 7. The van der Waals surface area contributed by atoms with Crippen LogP contribution in [0.2, 0.25) is 0 Å². The number of hydrogen-bond acceptors (Lipinski definition) is 11. The van der Waals surface area contributed by atoms with Crippen LogP contribution in [0.4, 0.5) is 0 Å². The Kier molecular flexibility index (Phi) is 18.4. The monoisotopic (exact) mass is 857 g/mol. The van der Waals surface area contributed by atoms with Crippen molar-refractivity contribution in [3.05, 3.63) is 102 Å². The topological polar surface area (TPSA) is 320 Å². The van der Waals surface area contributed by atoms with E-state index in [9.17, 15) is 48.9 Å². The Morgan fingerprint density at radius 1 is 0.581 bits per heavy atom. The number of nitrogens with one attached hydrogen (secondary N) is 7. The molecule has 332 valence electrons. The van der Waals surface area contributed by atoms with Crippen molar-refractivity contribution < 1.29 is 48.9 Å². The highest BCUT2D eigenvalue weighted by atomic mass is 16.3. The Morgan fingerprint density at radius 2 is 1.06 bits per heavy atom. The van der Waals surface area contributed by atoms with Crippen LogP contribution < -0.4 is 43.4 Å². The van der Waals surface area contributed by atoms with Gasteiger partial charge < -0.3 is 63.7 Å². The average Bonchev–Trinajstić information content (AvgIpc) is 3.66. The zero-order chi connectivity index (χ0) is 45.2. The van der Waals surface area contributed by atoms with E-state index >= 15 is 0 Å². The van der Waals surface area contributed by atoms with Crippen molar-refractivity contribution in [2.75, 3.05) is 19.8 Å². The van der Waals surface area contributed by atoms with Crippen LogP contribution in [0.15, 0.2) is 85.1 Å². The van der Waals surface area contributed by atoms with Crippen LogP contribution in [0.3, 0.4) is 0 Å². The zero-order valence-corrected chi connectivity index (χ0v) is 34.3. The van der Waals surface area contributed by atoms with Gasteiger partial charge in [-0.1, -0.05) is 60.7 Å². The molecule has 1 aromatic heterocycles. The van der Waals surface area contributed by atoms with Gasteiger partial charge in [0.25, 0.3) is 0 Å². The summed E-state index contributed by atoms with van der Waals surface area (Å²) in [5, 5.41) is 45.5. The number of hydrogen-bond donors (Lipinski definition) is 12. The Morgan fingerprint density at radius 3 is 1.61 bits per heavy atom. The number of aliphatic hydroxyl groups excluding tert-OH is 2. The fraction of sp³-hybridized carbons (Fsp3) is 0.372. The number of carbonyl (C=O) groups excluding carboxylic acids is 7. The lowest BCUT2D eigenvalue weighted by Crippen LogP contribution is -2.60. The minimum absolute atomic E-state index is 0.0421. The minimum atomic E-state index is -1.47. The Balaban J connectivity index is 1.67. The first kappa shape index (κ1) is 47.8. The fourth-order valence-corrected chi connectivity index (χ4v) is 6.64. The number of rotatable bonds is 24. The summed E-state index contributed by atoms with van der Waals surface area (Å²) in [6.07, 6.45) is 2.31. The molecule has 7 amide bonds. The first-order valence-corrected chi connectivity index (χ1v) is 20.1. The van der Waals surface area contributed by atoms with Crippen molar-refractivity contribution in [1.82, 2.24) is 36.9 Å². The second-order valence-corrected chi connectivity index (χ2v) is 14.7. The van der Waals surface area contributed by atoms with Crippen molar-refractivity contribution in [2.45, 2.75) is 81.7 Å². The number of primary amides is 1. The summed E-state index contributed by atoms with van der Waals surface area (Å²) in [6.45, 7) is -0.121. The molecule has 0 saturated carbocycles. The van der Waals surface area contributed by atoms with Crippen LogP contribution in [-0.2, 0) is 52.8 Å². The summed E-state index contributed by atoms with van der Waals surface area (Å²) < 4.78 is 0. The number of benzene rings is 3. The molecule has 19 heteroatoms. The van der Waals surface area contributed by atoms with Gasteiger partial charge in [0.05, 0.1) is 13.2 Å². The van der Waals surface area contributed by atoms with E-state index in [1.807, 2.05) is 18.2 Å². The van der Waals surface area contributed by atoms with Gasteiger partial charge in [-0.05, 0) is 60.7 Å². The van der Waals surface area contributed by atoms with E-state index in [0.29, 0.717) is 29.5 Å². The maximum Gasteiger partial charge on any atom is 0.245 e. The van der Waals surface area contributed by atoms with Crippen molar-refractivity contribution in [2.24, 2.45) is 11.5 Å². The number of fused-ring (bicyclic) bond motifs is 1. The van der Waals surface area contributed by atoms with Crippen molar-refractivity contribution >= 4 is 52.3 Å². The maximum atomic E-state index is 14.5. The number of phenols is 1. The Hall–Kier alpha value is -6.83. The van der Waals surface area contributed by atoms with E-state index in [2.05, 4.69) is 36.9 Å². The Bertz CT molecular complexity index is 2150. The van der Waals surface area contributed by atoms with Gasteiger partial charge in [0.2, 0.25) is 41.4 Å². The minimum Gasteiger partial charge on any atom is -0.508 e. The predicted octanol–water partition coefficient (Wildman–Crippen LogP) is -1.57. The first-order chi connectivity index (χ1) is 29.7. The average molecular weight is 858 g/mol. The summed E-state index contributed by atoms with van der Waals surface area (Å²) >= 11 is 0. The number of para-hydroxylation sites is 1. The lowest BCUT2D eigenvalue weighted by molar-refractivity contribution is -0.135. The smallest absolute Gasteiger partial charge is 0.245 e. The van der Waals surface area contributed by atoms with Gasteiger partial charge in [0.15, 0.2) is 0 Å². The number of unbranched alkanes of at least 4 members (excludes halogenated alkanes) is 1. The largest absolute Gasteiger partial charge is 0.508 e. The number of aromatic nitrogens is 1. The van der Waals surface area contributed by atoms with E-state index < -0.39 is 90.8 Å². The number of aromatic amines is 1. The Labute approximate surface area is 357 Å². The number of phenolic OH excluding ortho intramolecular Hbond substituents is 1. The molecule has 62 heavy (non-hydrogen) atoms. The molecule has 14 N–H and O–H groups in total. The maximum absolute atomic E-state index is 14.5. The standard InChI is InChI=1S/C43H55N9O10/c1-25(55)47-37(24-54)43(62)50-33(19-26-9-3-2-4-10-26)40(59)51-35(21-28-22-46-31-12-6-5-11-30(28)31)42(61)48-32(13-7-8-18-44)39(58)49-34(20-27-14-16-29(56)17-15-27)41(60)52-36(23-53)38(45)57/h2-6,9-12,14-17,22,32-37,46,53-54,56H,7-8,13,18-21,23-24,44H2,1H3,(H2,45,57)(H,47,55)(H,48,61)(H,49,58)(H,50,62)(H,51,59)(H,52,60)/t32-,33-,34-,35-,36-,37-/m0/s1. The first-order valence-electron chi connectivity index (χ1n) is 20.1. The predicted molar refractivity (Wildman–Crippen MR) is 227 cm³/mol. The quantitative estimate of drug-likeness (QED) is 0.0357. The molecule has 4 rings (SSSR count). The molecular weight excluding hydrogens is 803 g/mol. The molecule has 0 saturated heterocycles. The van der Waals surface area contributed by atoms with Crippen LogP contribution in [0.1, 0.15) is 42.9 Å². The molecule has 0 unspecified atom stereocenters. The van der Waals surface area contributed by atoms with Crippen LogP contribution in [-0.4, -0.2) is 118 Å². The van der Waals surface area contributed by atoms with Gasteiger partial charge >= 0.3 is 0 Å². The molecule has 0 aliphatic carbocycles. The molecule has 0 radical (unpaired) electrons. The van der Waals surface area contributed by atoms with E-state index in [-0.39, 0.29) is 38.0 Å². The number of aliphatic hydroxyl groups is 2. The molecule has 3 aromatic carbocycles. The lowest BCUT2D eigenvalue weighted by Gasteiger charge is -2.27. The molecule has 0 fully saturated rings. The molecule has 0 bridgehead atoms. The molecule has 19 nitrogen and oxygen atoms in total. The van der Waals surface area contributed by atoms with Crippen LogP contribution in [0, 0.1) is 0 Å². The molecule has 0 spiro atoms. The summed E-state index contributed by atoms with van der Waals surface area (Å²) in [7, 11) is 0. The normalized spacial score (nSPS) is 13.9. The van der Waals surface area contributed by atoms with Crippen molar-refractivity contribution in [3.8, 4) is 5.75 Å². The van der Waals surface area contributed by atoms with Crippen LogP contribution in [0.5, 0.6) is 5.75 Å². The summed E-state index contributed by atoms with van der Waals surface area (Å²) in [4.78, 5) is 96.5. The van der Waals surface area contributed by atoms with E-state index in [4.69, 9.17) is 11.5 Å². The number of nitrogens with two attached hydrogens (primary N) is 2. The summed E-state index contributed by atoms with van der Waals surface area (Å²) in [5.41, 5.74) is 13.6. The highest BCUT2D eigenvalue weighted by molar-refractivity contribution is 5.97. The van der Waals surface area contributed by atoms with Crippen molar-refractivity contribution in [1.29, 1.82) is 0 Å². The summed E-state index contributed by atoms with van der Waals surface area (Å²) in [5.74, 6) is -5.74. The highest BCUT2D eigenvalue weighted by Gasteiger charge is 2.34. The number of H-pyrrole nitrogens is 1. The van der Waals surface area contributed by atoms with Crippen molar-refractivity contribution in [3.63, 3.8) is 0 Å². The van der Waals surface area contributed by atoms with Gasteiger partial charge in [0, 0.05) is 43.3 Å². The fourth-order valence-electron chi connectivity index (χ4n) is 6.64. The molecule has 4 aromatic rings. The zero-order valence-electron chi connectivity index (χ0n) is 34.3. The second kappa shape index (κ2) is 23.8. The van der Waals surface area contributed by atoms with Gasteiger partial charge in [0.1, 0.15) is 42.0 Å². The molecule has 0 aliphatic rings. The van der Waals surface area contributed by atoms with Gasteiger partial charge in [-0.3, -0.25) is 33.6 Å². The van der Waals surface area contributed by atoms with Crippen LogP contribution >= 0.6 is 0 Å². The van der Waals surface area contributed by atoms with Gasteiger partial charge in [-0.15, -0.1) is 0 Å². The van der Waals surface area contributed by atoms with E-state index in [1.165, 1.54) is 31.2 Å². The second-order valence-electron chi connectivity index (χ2n) is 14.7.